The van der Waals surface area contributed by atoms with Crippen molar-refractivity contribution in [2.24, 2.45) is 5.73 Å². The molecule has 0 unspecified atom stereocenters. The van der Waals surface area contributed by atoms with Crippen molar-refractivity contribution < 1.29 is 9.59 Å². The monoisotopic (exact) mass is 410 g/mol. The summed E-state index contributed by atoms with van der Waals surface area (Å²) in [4.78, 5) is 41.7. The molecule has 140 valence electrons. The predicted octanol–water partition coefficient (Wildman–Crippen LogP) is 2.92. The summed E-state index contributed by atoms with van der Waals surface area (Å²) in [5.41, 5.74) is 6.95. The van der Waals surface area contributed by atoms with Gasteiger partial charge in [0.15, 0.2) is 0 Å². The minimum Gasteiger partial charge on any atom is -0.366 e. The van der Waals surface area contributed by atoms with Crippen LogP contribution in [0.15, 0.2) is 58.3 Å². The maximum Gasteiger partial charge on any atom is 0.263 e. The second-order valence-electron chi connectivity index (χ2n) is 5.95. The van der Waals surface area contributed by atoms with Gasteiger partial charge in [0.25, 0.3) is 11.5 Å². The molecule has 7 nitrogen and oxygen atoms in total. The molecule has 4 rings (SSSR count). The zero-order valence-electron chi connectivity index (χ0n) is 14.4. The number of hydrogen-bond acceptors (Lipinski definition) is 6. The lowest BCUT2D eigenvalue weighted by Crippen LogP contribution is -2.28. The largest absolute Gasteiger partial charge is 0.366 e. The van der Waals surface area contributed by atoms with E-state index in [1.165, 1.54) is 33.6 Å². The van der Waals surface area contributed by atoms with Gasteiger partial charge in [0, 0.05) is 10.9 Å². The van der Waals surface area contributed by atoms with E-state index in [9.17, 15) is 14.4 Å². The zero-order chi connectivity index (χ0) is 19.7. The first-order valence-corrected chi connectivity index (χ1v) is 9.99. The van der Waals surface area contributed by atoms with Crippen molar-refractivity contribution >= 4 is 49.7 Å². The fourth-order valence-electron chi connectivity index (χ4n) is 2.83. The summed E-state index contributed by atoms with van der Waals surface area (Å²) >= 11 is 2.58. The third-order valence-corrected chi connectivity index (χ3v) is 5.86. The number of benzene rings is 1. The van der Waals surface area contributed by atoms with Gasteiger partial charge in [-0.05, 0) is 17.0 Å². The molecule has 3 aromatic heterocycles. The van der Waals surface area contributed by atoms with Crippen LogP contribution in [0.1, 0.15) is 10.4 Å². The first-order chi connectivity index (χ1) is 13.5. The quantitative estimate of drug-likeness (QED) is 0.527. The SMILES string of the molecule is NC(=O)c1ccsc1NC(=O)Cn1cnc2scc(-c3ccccc3)c2c1=O. The molecular formula is C19H14N4O3S2. The van der Waals surface area contributed by atoms with Crippen molar-refractivity contribution in [3.8, 4) is 11.1 Å². The van der Waals surface area contributed by atoms with Gasteiger partial charge in [0.2, 0.25) is 5.91 Å². The van der Waals surface area contributed by atoms with E-state index in [1.807, 2.05) is 35.7 Å². The number of fused-ring (bicyclic) bond motifs is 1. The number of nitrogens with one attached hydrogen (secondary N) is 1. The Hall–Kier alpha value is -3.30. The van der Waals surface area contributed by atoms with E-state index in [2.05, 4.69) is 10.3 Å². The Labute approximate surface area is 167 Å². The molecule has 0 saturated heterocycles. The van der Waals surface area contributed by atoms with Gasteiger partial charge in [0.1, 0.15) is 16.4 Å². The predicted molar refractivity (Wildman–Crippen MR) is 111 cm³/mol. The highest BCUT2D eigenvalue weighted by Gasteiger charge is 2.16. The van der Waals surface area contributed by atoms with E-state index in [-0.39, 0.29) is 17.7 Å². The smallest absolute Gasteiger partial charge is 0.263 e. The van der Waals surface area contributed by atoms with Crippen molar-refractivity contribution in [3.63, 3.8) is 0 Å². The molecule has 0 fully saturated rings. The van der Waals surface area contributed by atoms with Gasteiger partial charge in [-0.3, -0.25) is 19.0 Å². The van der Waals surface area contributed by atoms with Crippen LogP contribution in [-0.2, 0) is 11.3 Å². The van der Waals surface area contributed by atoms with Gasteiger partial charge in [-0.2, -0.15) is 0 Å². The number of hydrogen-bond donors (Lipinski definition) is 2. The number of nitrogens with zero attached hydrogens (tertiary/aromatic N) is 2. The van der Waals surface area contributed by atoms with Crippen LogP contribution in [0.3, 0.4) is 0 Å². The van der Waals surface area contributed by atoms with E-state index in [0.29, 0.717) is 15.2 Å². The van der Waals surface area contributed by atoms with Crippen LogP contribution in [0, 0.1) is 0 Å². The lowest BCUT2D eigenvalue weighted by Gasteiger charge is -2.07. The Balaban J connectivity index is 1.65. The Morgan fingerprint density at radius 3 is 2.68 bits per heavy atom. The number of thiophene rings is 2. The molecule has 2 amide bonds. The number of carbonyl (C=O) groups excluding carboxylic acids is 2. The Morgan fingerprint density at radius 1 is 1.14 bits per heavy atom. The molecule has 28 heavy (non-hydrogen) atoms. The average molecular weight is 410 g/mol. The highest BCUT2D eigenvalue weighted by Crippen LogP contribution is 2.30. The Morgan fingerprint density at radius 2 is 1.93 bits per heavy atom. The molecule has 1 aromatic carbocycles. The van der Waals surface area contributed by atoms with Gasteiger partial charge >= 0.3 is 0 Å². The van der Waals surface area contributed by atoms with Crippen LogP contribution in [0.2, 0.25) is 0 Å². The fourth-order valence-corrected chi connectivity index (χ4v) is 4.55. The minimum atomic E-state index is -0.623. The zero-order valence-corrected chi connectivity index (χ0v) is 16.0. The van der Waals surface area contributed by atoms with E-state index in [0.717, 1.165) is 11.1 Å². The standard InChI is InChI=1S/C19H14N4O3S2/c20-16(25)12-6-7-27-17(12)22-14(24)8-23-10-21-18-15(19(23)26)13(9-28-18)11-4-2-1-3-5-11/h1-7,9-10H,8H2,(H2,20,25)(H,22,24). The molecule has 0 spiro atoms. The Bertz CT molecular complexity index is 1240. The Kier molecular flexibility index (Phi) is 4.76. The van der Waals surface area contributed by atoms with Crippen LogP contribution >= 0.6 is 22.7 Å². The normalized spacial score (nSPS) is 10.9. The lowest BCUT2D eigenvalue weighted by atomic mass is 10.1. The van der Waals surface area contributed by atoms with Crippen LogP contribution in [0.4, 0.5) is 5.00 Å². The summed E-state index contributed by atoms with van der Waals surface area (Å²) in [6, 6.07) is 11.1. The fraction of sp³-hybridized carbons (Fsp3) is 0.0526. The lowest BCUT2D eigenvalue weighted by molar-refractivity contribution is -0.116. The number of amides is 2. The van der Waals surface area contributed by atoms with Gasteiger partial charge in [0.05, 0.1) is 17.3 Å². The molecule has 0 radical (unpaired) electrons. The average Bonchev–Trinajstić information content (AvgIpc) is 3.32. The van der Waals surface area contributed by atoms with Gasteiger partial charge in [-0.15, -0.1) is 22.7 Å². The molecule has 0 saturated carbocycles. The molecular weight excluding hydrogens is 396 g/mol. The number of nitrogens with two attached hydrogens (primary N) is 1. The summed E-state index contributed by atoms with van der Waals surface area (Å²) in [6.45, 7) is -0.220. The number of primary amides is 1. The van der Waals surface area contributed by atoms with E-state index in [4.69, 9.17) is 5.73 Å². The third kappa shape index (κ3) is 3.32. The van der Waals surface area contributed by atoms with E-state index in [1.54, 1.807) is 11.4 Å². The van der Waals surface area contributed by atoms with Gasteiger partial charge in [-0.25, -0.2) is 4.98 Å². The topological polar surface area (TPSA) is 107 Å². The number of rotatable bonds is 5. The van der Waals surface area contributed by atoms with Crippen molar-refractivity contribution in [1.82, 2.24) is 9.55 Å². The van der Waals surface area contributed by atoms with E-state index < -0.39 is 11.8 Å². The number of anilines is 1. The summed E-state index contributed by atoms with van der Waals surface area (Å²) in [7, 11) is 0. The maximum atomic E-state index is 13.0. The van der Waals surface area contributed by atoms with Crippen LogP contribution in [-0.4, -0.2) is 21.4 Å². The molecule has 3 N–H and O–H groups in total. The van der Waals surface area contributed by atoms with Crippen molar-refractivity contribution in [2.75, 3.05) is 5.32 Å². The summed E-state index contributed by atoms with van der Waals surface area (Å²) in [6.07, 6.45) is 1.36. The minimum absolute atomic E-state index is 0.220. The molecule has 3 heterocycles. The number of carbonyl (C=O) groups is 2. The van der Waals surface area contributed by atoms with Gasteiger partial charge < -0.3 is 11.1 Å². The summed E-state index contributed by atoms with van der Waals surface area (Å²) < 4.78 is 1.26. The van der Waals surface area contributed by atoms with Gasteiger partial charge in [-0.1, -0.05) is 30.3 Å². The highest BCUT2D eigenvalue weighted by atomic mass is 32.1. The second-order valence-corrected chi connectivity index (χ2v) is 7.72. The molecule has 4 aromatic rings. The summed E-state index contributed by atoms with van der Waals surface area (Å²) in [5.74, 6) is -1.06. The van der Waals surface area contributed by atoms with Crippen molar-refractivity contribution in [1.29, 1.82) is 0 Å². The molecule has 9 heteroatoms. The van der Waals surface area contributed by atoms with Crippen LogP contribution in [0.25, 0.3) is 21.3 Å². The third-order valence-electron chi connectivity index (χ3n) is 4.14. The van der Waals surface area contributed by atoms with Crippen molar-refractivity contribution in [2.45, 2.75) is 6.54 Å². The van der Waals surface area contributed by atoms with Crippen molar-refractivity contribution in [3.05, 3.63) is 69.4 Å². The first-order valence-electron chi connectivity index (χ1n) is 8.24. The van der Waals surface area contributed by atoms with E-state index >= 15 is 0 Å². The maximum absolute atomic E-state index is 13.0. The second kappa shape index (κ2) is 7.37. The molecule has 0 atom stereocenters. The molecule has 0 aliphatic carbocycles. The highest BCUT2D eigenvalue weighted by molar-refractivity contribution is 7.17. The number of aromatic nitrogens is 2. The van der Waals surface area contributed by atoms with Crippen LogP contribution < -0.4 is 16.6 Å². The molecule has 0 aliphatic heterocycles. The first kappa shape index (κ1) is 18.1. The van der Waals surface area contributed by atoms with Crippen LogP contribution in [0.5, 0.6) is 0 Å². The molecule has 0 bridgehead atoms. The molecule has 0 aliphatic rings. The summed E-state index contributed by atoms with van der Waals surface area (Å²) in [5, 5.41) is 7.03.